The van der Waals surface area contributed by atoms with E-state index in [-0.39, 0.29) is 23.8 Å². The maximum Gasteiger partial charge on any atom is 0.303 e. The van der Waals surface area contributed by atoms with Crippen LogP contribution in [-0.4, -0.2) is 23.0 Å². The Labute approximate surface area is 182 Å². The molecule has 3 aliphatic rings. The van der Waals surface area contributed by atoms with Crippen molar-refractivity contribution in [2.45, 2.75) is 58.4 Å². The highest BCUT2D eigenvalue weighted by atomic mass is 32.1. The summed E-state index contributed by atoms with van der Waals surface area (Å²) < 4.78 is 1.06. The molecule has 4 nitrogen and oxygen atoms in total. The van der Waals surface area contributed by atoms with Crippen LogP contribution in [0.25, 0.3) is 10.1 Å². The van der Waals surface area contributed by atoms with Crippen molar-refractivity contribution in [1.82, 2.24) is 5.32 Å². The number of carboxylic acid groups (broad SMARTS) is 1. The number of fused-ring (bicyclic) bond motifs is 3. The number of nitrogens with one attached hydrogen (secondary N) is 1. The summed E-state index contributed by atoms with van der Waals surface area (Å²) in [6, 6.07) is 8.21. The summed E-state index contributed by atoms with van der Waals surface area (Å²) in [7, 11) is 0. The third-order valence-electron chi connectivity index (χ3n) is 7.46. The number of carboxylic acids is 1. The van der Waals surface area contributed by atoms with Gasteiger partial charge in [-0.1, -0.05) is 38.1 Å². The molecule has 3 aliphatic carbocycles. The van der Waals surface area contributed by atoms with Crippen molar-refractivity contribution in [3.63, 3.8) is 0 Å². The molecule has 1 unspecified atom stereocenters. The van der Waals surface area contributed by atoms with Gasteiger partial charge < -0.3 is 10.4 Å². The minimum atomic E-state index is -0.735. The monoisotopic (exact) mass is 425 g/mol. The number of allylic oxidation sites excluding steroid dienone is 2. The molecule has 2 N–H and O–H groups in total. The molecule has 30 heavy (non-hydrogen) atoms. The fourth-order valence-electron chi connectivity index (χ4n) is 5.53. The zero-order valence-corrected chi connectivity index (χ0v) is 18.6. The lowest BCUT2D eigenvalue weighted by atomic mass is 9.44. The summed E-state index contributed by atoms with van der Waals surface area (Å²) in [6.07, 6.45) is 9.32. The van der Waals surface area contributed by atoms with Crippen molar-refractivity contribution >= 4 is 33.3 Å². The highest BCUT2D eigenvalue weighted by molar-refractivity contribution is 7.17. The number of aliphatic carboxylic acids is 1. The van der Waals surface area contributed by atoms with E-state index in [0.29, 0.717) is 18.3 Å². The molecule has 2 bridgehead atoms. The Morgan fingerprint density at radius 2 is 2.07 bits per heavy atom. The molecule has 1 amide bonds. The van der Waals surface area contributed by atoms with Gasteiger partial charge in [-0.3, -0.25) is 9.59 Å². The van der Waals surface area contributed by atoms with Crippen molar-refractivity contribution in [2.24, 2.45) is 23.2 Å². The molecule has 3 saturated carbocycles. The topological polar surface area (TPSA) is 66.4 Å². The molecule has 0 radical (unpaired) electrons. The van der Waals surface area contributed by atoms with E-state index in [1.54, 1.807) is 11.3 Å². The number of hydrogen-bond acceptors (Lipinski definition) is 3. The molecular weight excluding hydrogens is 394 g/mol. The van der Waals surface area contributed by atoms with Gasteiger partial charge in [-0.25, -0.2) is 0 Å². The highest BCUT2D eigenvalue weighted by Crippen LogP contribution is 2.61. The minimum Gasteiger partial charge on any atom is -0.481 e. The Bertz CT molecular complexity index is 960. The van der Waals surface area contributed by atoms with Gasteiger partial charge in [-0.05, 0) is 78.2 Å². The molecule has 2 aromatic rings. The van der Waals surface area contributed by atoms with E-state index in [1.165, 1.54) is 6.42 Å². The van der Waals surface area contributed by atoms with E-state index in [4.69, 9.17) is 5.11 Å². The van der Waals surface area contributed by atoms with Gasteiger partial charge in [-0.2, -0.15) is 0 Å². The molecule has 1 aromatic carbocycles. The summed E-state index contributed by atoms with van der Waals surface area (Å²) >= 11 is 1.63. The fraction of sp³-hybridized carbons (Fsp3) is 0.520. The predicted molar refractivity (Wildman–Crippen MR) is 122 cm³/mol. The van der Waals surface area contributed by atoms with E-state index in [9.17, 15) is 9.59 Å². The number of benzene rings is 1. The molecule has 5 heteroatoms. The number of unbranched alkanes of at least 4 members (excludes halogenated alkanes) is 1. The number of thiophene rings is 1. The van der Waals surface area contributed by atoms with Crippen LogP contribution in [0.4, 0.5) is 0 Å². The first kappa shape index (κ1) is 21.1. The van der Waals surface area contributed by atoms with E-state index in [2.05, 4.69) is 43.4 Å². The summed E-state index contributed by atoms with van der Waals surface area (Å²) in [4.78, 5) is 23.9. The number of carbonyl (C=O) groups excluding carboxylic acids is 1. The van der Waals surface area contributed by atoms with Crippen LogP contribution in [0.1, 0.15) is 62.7 Å². The smallest absolute Gasteiger partial charge is 0.303 e. The largest absolute Gasteiger partial charge is 0.481 e. The van der Waals surface area contributed by atoms with Gasteiger partial charge in [0.25, 0.3) is 5.91 Å². The molecule has 0 spiro atoms. The third kappa shape index (κ3) is 4.04. The Morgan fingerprint density at radius 1 is 1.23 bits per heavy atom. The SMILES string of the molecule is CC1(C)[C@@H]2C[C@H](CC=CCCCC(=O)O)C(NC(=O)c3cccc4ccsc34)[C@H]1C2. The molecule has 3 fully saturated rings. The van der Waals surface area contributed by atoms with Gasteiger partial charge in [0, 0.05) is 17.2 Å². The van der Waals surface area contributed by atoms with E-state index in [0.717, 1.165) is 40.8 Å². The maximum atomic E-state index is 13.2. The van der Waals surface area contributed by atoms with Crippen molar-refractivity contribution in [1.29, 1.82) is 0 Å². The molecule has 160 valence electrons. The molecule has 0 aliphatic heterocycles. The number of rotatable bonds is 8. The van der Waals surface area contributed by atoms with Crippen LogP contribution >= 0.6 is 11.3 Å². The van der Waals surface area contributed by atoms with E-state index < -0.39 is 5.97 Å². The summed E-state index contributed by atoms with van der Waals surface area (Å²) in [5, 5.41) is 15.4. The van der Waals surface area contributed by atoms with Gasteiger partial charge in [0.2, 0.25) is 0 Å². The lowest BCUT2D eigenvalue weighted by Crippen LogP contribution is -2.63. The van der Waals surface area contributed by atoms with Crippen LogP contribution in [0.15, 0.2) is 41.8 Å². The maximum absolute atomic E-state index is 13.2. The van der Waals surface area contributed by atoms with Crippen LogP contribution < -0.4 is 5.32 Å². The first-order valence-electron chi connectivity index (χ1n) is 11.0. The second-order valence-corrected chi connectivity index (χ2v) is 10.4. The second-order valence-electron chi connectivity index (χ2n) is 9.49. The zero-order valence-electron chi connectivity index (χ0n) is 17.8. The molecular formula is C25H31NO3S. The first-order chi connectivity index (χ1) is 14.4. The van der Waals surface area contributed by atoms with Crippen molar-refractivity contribution in [2.75, 3.05) is 0 Å². The van der Waals surface area contributed by atoms with Gasteiger partial charge in [0.15, 0.2) is 0 Å². The van der Waals surface area contributed by atoms with Gasteiger partial charge in [0.05, 0.1) is 5.56 Å². The number of amides is 1. The van der Waals surface area contributed by atoms with Crippen molar-refractivity contribution in [3.8, 4) is 0 Å². The number of carbonyl (C=O) groups is 2. The van der Waals surface area contributed by atoms with Crippen LogP contribution in [0.3, 0.4) is 0 Å². The summed E-state index contributed by atoms with van der Waals surface area (Å²) in [6.45, 7) is 4.70. The van der Waals surface area contributed by atoms with Crippen LogP contribution in [0, 0.1) is 23.2 Å². The van der Waals surface area contributed by atoms with Gasteiger partial charge >= 0.3 is 5.97 Å². The molecule has 0 saturated heterocycles. The molecule has 1 aromatic heterocycles. The van der Waals surface area contributed by atoms with Crippen molar-refractivity contribution in [3.05, 3.63) is 47.4 Å². The lowest BCUT2D eigenvalue weighted by Gasteiger charge is -2.62. The predicted octanol–water partition coefficient (Wildman–Crippen LogP) is 5.88. The van der Waals surface area contributed by atoms with Gasteiger partial charge in [0.1, 0.15) is 0 Å². The Morgan fingerprint density at radius 3 is 2.83 bits per heavy atom. The fourth-order valence-corrected chi connectivity index (χ4v) is 6.44. The Hall–Kier alpha value is -2.14. The van der Waals surface area contributed by atoms with Crippen LogP contribution in [0.5, 0.6) is 0 Å². The average molecular weight is 426 g/mol. The third-order valence-corrected chi connectivity index (χ3v) is 8.43. The molecule has 1 heterocycles. The summed E-state index contributed by atoms with van der Waals surface area (Å²) in [5.41, 5.74) is 1.07. The first-order valence-corrected chi connectivity index (χ1v) is 11.9. The van der Waals surface area contributed by atoms with E-state index >= 15 is 0 Å². The second kappa shape index (κ2) is 8.54. The Kier molecular flexibility index (Phi) is 6.01. The molecule has 4 atom stereocenters. The van der Waals surface area contributed by atoms with E-state index in [1.807, 2.05) is 17.5 Å². The van der Waals surface area contributed by atoms with Crippen molar-refractivity contribution < 1.29 is 14.7 Å². The minimum absolute atomic E-state index is 0.0460. The zero-order chi connectivity index (χ0) is 21.3. The quantitative estimate of drug-likeness (QED) is 0.410. The number of hydrogen-bond donors (Lipinski definition) is 2. The van der Waals surface area contributed by atoms with Gasteiger partial charge in [-0.15, -0.1) is 11.3 Å². The lowest BCUT2D eigenvalue weighted by molar-refractivity contribution is -0.137. The highest BCUT2D eigenvalue weighted by Gasteiger charge is 2.57. The standard InChI is InChI=1S/C25H31NO3S/c1-25(2)18-14-17(8-5-3-4-6-11-21(27)28)22(20(25)15-18)26-24(29)19-10-7-9-16-12-13-30-23(16)19/h3,5,7,9-10,12-13,17-18,20,22H,4,6,8,11,14-15H2,1-2H3,(H,26,29)(H,27,28)/t17-,18+,20+,22?/m0/s1. The average Bonchev–Trinajstić information content (AvgIpc) is 3.19. The normalized spacial score (nSPS) is 27.1. The van der Waals surface area contributed by atoms with Crippen LogP contribution in [0.2, 0.25) is 0 Å². The molecule has 5 rings (SSSR count). The van der Waals surface area contributed by atoms with Crippen LogP contribution in [-0.2, 0) is 4.79 Å². The Balaban J connectivity index is 1.45. The summed E-state index contributed by atoms with van der Waals surface area (Å²) in [5.74, 6) is 1.02.